The number of nitrogens with zero attached hydrogens (tertiary/aromatic N) is 1. The van der Waals surface area contributed by atoms with Crippen LogP contribution < -0.4 is 10.1 Å². The van der Waals surface area contributed by atoms with Crippen molar-refractivity contribution in [2.24, 2.45) is 11.3 Å². The van der Waals surface area contributed by atoms with Crippen LogP contribution in [0.15, 0.2) is 12.3 Å². The van der Waals surface area contributed by atoms with Gasteiger partial charge in [0.1, 0.15) is 0 Å². The molecule has 0 aliphatic heterocycles. The molecule has 142 valence electrons. The van der Waals surface area contributed by atoms with Gasteiger partial charge in [-0.3, -0.25) is 9.78 Å². The van der Waals surface area contributed by atoms with Gasteiger partial charge in [0, 0.05) is 18.3 Å². The number of nitrogens with one attached hydrogen (secondary N) is 1. The third-order valence-electron chi connectivity index (χ3n) is 4.78. The normalized spacial score (nSPS) is 28.1. The van der Waals surface area contributed by atoms with Crippen molar-refractivity contribution in [2.45, 2.75) is 58.8 Å². The average Bonchev–Trinajstić information content (AvgIpc) is 2.62. The molecule has 1 heterocycles. The first-order chi connectivity index (χ1) is 11.6. The highest BCUT2D eigenvalue weighted by atomic mass is 16.5. The van der Waals surface area contributed by atoms with Crippen molar-refractivity contribution in [3.63, 3.8) is 0 Å². The standard InChI is InChI=1S/C11H21NO3.C7H9NO2/c1-7-4-9(14)10(15)11(2,3)5-8(7)12-6-13;1-5-7(9)6(10-2)3-4-8-5/h6-10,14-15H,4-5H2,1-3H3,(H,12,13);3-4,9H,1-2H3. The molecule has 1 aliphatic rings. The topological polar surface area (TPSA) is 112 Å². The van der Waals surface area contributed by atoms with E-state index >= 15 is 0 Å². The van der Waals surface area contributed by atoms with Gasteiger partial charge in [-0.15, -0.1) is 0 Å². The Kier molecular flexibility index (Phi) is 7.63. The maximum Gasteiger partial charge on any atom is 0.207 e. The number of hydrogen-bond acceptors (Lipinski definition) is 6. The summed E-state index contributed by atoms with van der Waals surface area (Å²) in [6.45, 7) is 7.53. The number of hydrogen-bond donors (Lipinski definition) is 4. The lowest BCUT2D eigenvalue weighted by atomic mass is 9.80. The third-order valence-corrected chi connectivity index (χ3v) is 4.78. The van der Waals surface area contributed by atoms with Crippen molar-refractivity contribution in [1.29, 1.82) is 0 Å². The van der Waals surface area contributed by atoms with Crippen molar-refractivity contribution in [3.8, 4) is 11.5 Å². The van der Waals surface area contributed by atoms with Crippen LogP contribution in [0.3, 0.4) is 0 Å². The maximum absolute atomic E-state index is 10.5. The minimum Gasteiger partial charge on any atom is -0.503 e. The van der Waals surface area contributed by atoms with Gasteiger partial charge in [0.25, 0.3) is 0 Å². The van der Waals surface area contributed by atoms with Gasteiger partial charge in [-0.25, -0.2) is 0 Å². The molecule has 25 heavy (non-hydrogen) atoms. The second kappa shape index (κ2) is 9.01. The number of carbonyl (C=O) groups is 1. The molecule has 0 saturated heterocycles. The van der Waals surface area contributed by atoms with Gasteiger partial charge in [-0.1, -0.05) is 20.8 Å². The van der Waals surface area contributed by atoms with Crippen LogP contribution in [0.1, 0.15) is 39.3 Å². The zero-order chi connectivity index (χ0) is 19.2. The zero-order valence-electron chi connectivity index (χ0n) is 15.6. The first-order valence-corrected chi connectivity index (χ1v) is 8.38. The van der Waals surface area contributed by atoms with Gasteiger partial charge < -0.3 is 25.4 Å². The molecule has 1 aromatic heterocycles. The van der Waals surface area contributed by atoms with Crippen LogP contribution in [0.5, 0.6) is 11.5 Å². The van der Waals surface area contributed by atoms with E-state index < -0.39 is 12.2 Å². The van der Waals surface area contributed by atoms with Crippen molar-refractivity contribution in [3.05, 3.63) is 18.0 Å². The summed E-state index contributed by atoms with van der Waals surface area (Å²) in [6.07, 6.45) is 2.07. The fourth-order valence-electron chi connectivity index (χ4n) is 3.09. The van der Waals surface area contributed by atoms with E-state index in [1.54, 1.807) is 19.2 Å². The molecule has 7 heteroatoms. The maximum atomic E-state index is 10.5. The van der Waals surface area contributed by atoms with E-state index in [9.17, 15) is 20.1 Å². The fourth-order valence-corrected chi connectivity index (χ4v) is 3.09. The number of aliphatic hydroxyl groups excluding tert-OH is 2. The monoisotopic (exact) mass is 354 g/mol. The molecule has 1 aliphatic carbocycles. The minimum atomic E-state index is -0.724. The van der Waals surface area contributed by atoms with Gasteiger partial charge in [-0.05, 0) is 31.1 Å². The van der Waals surface area contributed by atoms with Crippen molar-refractivity contribution in [2.75, 3.05) is 7.11 Å². The average molecular weight is 354 g/mol. The van der Waals surface area contributed by atoms with E-state index in [1.807, 2.05) is 20.8 Å². The molecule has 1 fully saturated rings. The van der Waals surface area contributed by atoms with Gasteiger partial charge >= 0.3 is 0 Å². The second-order valence-corrected chi connectivity index (χ2v) is 7.26. The molecule has 2 rings (SSSR count). The predicted octanol–water partition coefficient (Wildman–Crippen LogP) is 1.38. The Morgan fingerprint density at radius 1 is 1.40 bits per heavy atom. The SMILES string of the molecule is CC1CC(O)C(O)C(C)(C)CC1NC=O.COc1ccnc(C)c1O. The van der Waals surface area contributed by atoms with E-state index in [0.717, 1.165) is 0 Å². The highest BCUT2D eigenvalue weighted by molar-refractivity contribution is 5.46. The molecule has 7 nitrogen and oxygen atoms in total. The van der Waals surface area contributed by atoms with Crippen LogP contribution in [0.2, 0.25) is 0 Å². The van der Waals surface area contributed by atoms with E-state index in [1.165, 1.54) is 7.11 Å². The summed E-state index contributed by atoms with van der Waals surface area (Å²) < 4.78 is 4.84. The Hall–Kier alpha value is -1.86. The highest BCUT2D eigenvalue weighted by Gasteiger charge is 2.41. The van der Waals surface area contributed by atoms with Crippen LogP contribution in [-0.4, -0.2) is 52.1 Å². The van der Waals surface area contributed by atoms with Crippen molar-refractivity contribution >= 4 is 6.41 Å². The van der Waals surface area contributed by atoms with Crippen molar-refractivity contribution in [1.82, 2.24) is 10.3 Å². The molecule has 0 aromatic carbocycles. The molecule has 4 atom stereocenters. The molecule has 0 spiro atoms. The van der Waals surface area contributed by atoms with E-state index in [2.05, 4.69) is 10.3 Å². The van der Waals surface area contributed by atoms with Crippen LogP contribution in [-0.2, 0) is 4.79 Å². The number of aliphatic hydroxyl groups is 2. The van der Waals surface area contributed by atoms with Gasteiger partial charge in [0.15, 0.2) is 11.5 Å². The first kappa shape index (κ1) is 21.2. The Balaban J connectivity index is 0.000000271. The number of aromatic hydroxyl groups is 1. The number of amides is 1. The van der Waals surface area contributed by atoms with E-state index in [0.29, 0.717) is 30.7 Å². The molecule has 1 saturated carbocycles. The largest absolute Gasteiger partial charge is 0.503 e. The summed E-state index contributed by atoms with van der Waals surface area (Å²) in [5, 5.41) is 31.7. The fraction of sp³-hybridized carbons (Fsp3) is 0.667. The molecule has 0 radical (unpaired) electrons. The molecule has 0 bridgehead atoms. The molecular weight excluding hydrogens is 324 g/mol. The summed E-state index contributed by atoms with van der Waals surface area (Å²) in [7, 11) is 1.51. The molecule has 4 N–H and O–H groups in total. The lowest BCUT2D eigenvalue weighted by Crippen LogP contribution is -2.40. The highest BCUT2D eigenvalue weighted by Crippen LogP contribution is 2.36. The summed E-state index contributed by atoms with van der Waals surface area (Å²) in [5.41, 5.74) is 0.213. The smallest absolute Gasteiger partial charge is 0.207 e. The molecular formula is C18H30N2O5. The molecule has 1 aromatic rings. The Morgan fingerprint density at radius 3 is 2.56 bits per heavy atom. The predicted molar refractivity (Wildman–Crippen MR) is 94.4 cm³/mol. The lowest BCUT2D eigenvalue weighted by Gasteiger charge is -2.32. The third kappa shape index (κ3) is 5.57. The number of ether oxygens (including phenoxy) is 1. The number of pyridine rings is 1. The molecule has 4 unspecified atom stereocenters. The van der Waals surface area contributed by atoms with Crippen LogP contribution in [0.25, 0.3) is 0 Å². The minimum absolute atomic E-state index is 0.0318. The Labute approximate surface area is 149 Å². The number of carbonyl (C=O) groups excluding carboxylic acids is 1. The summed E-state index contributed by atoms with van der Waals surface area (Å²) in [5.74, 6) is 0.763. The zero-order valence-corrected chi connectivity index (χ0v) is 15.6. The van der Waals surface area contributed by atoms with Crippen LogP contribution >= 0.6 is 0 Å². The van der Waals surface area contributed by atoms with Gasteiger partial charge in [0.2, 0.25) is 6.41 Å². The van der Waals surface area contributed by atoms with Crippen molar-refractivity contribution < 1.29 is 24.9 Å². The summed E-state index contributed by atoms with van der Waals surface area (Å²) >= 11 is 0. The second-order valence-electron chi connectivity index (χ2n) is 7.26. The van der Waals surface area contributed by atoms with Crippen LogP contribution in [0, 0.1) is 18.3 Å². The number of aryl methyl sites for hydroxylation is 1. The number of aromatic nitrogens is 1. The Morgan fingerprint density at radius 2 is 2.04 bits per heavy atom. The number of methoxy groups -OCH3 is 1. The lowest BCUT2D eigenvalue weighted by molar-refractivity contribution is -0.110. The van der Waals surface area contributed by atoms with Crippen LogP contribution in [0.4, 0.5) is 0 Å². The van der Waals surface area contributed by atoms with Gasteiger partial charge in [0.05, 0.1) is 25.0 Å². The summed E-state index contributed by atoms with van der Waals surface area (Å²) in [6, 6.07) is 1.65. The Bertz CT molecular complexity index is 564. The van der Waals surface area contributed by atoms with E-state index in [4.69, 9.17) is 4.74 Å². The quantitative estimate of drug-likeness (QED) is 0.482. The summed E-state index contributed by atoms with van der Waals surface area (Å²) in [4.78, 5) is 14.3. The van der Waals surface area contributed by atoms with Gasteiger partial charge in [-0.2, -0.15) is 0 Å². The molecule has 1 amide bonds. The first-order valence-electron chi connectivity index (χ1n) is 8.38. The number of rotatable bonds is 3. The van der Waals surface area contributed by atoms with E-state index in [-0.39, 0.29) is 23.1 Å².